The van der Waals surface area contributed by atoms with Crippen molar-refractivity contribution in [2.45, 2.75) is 73.1 Å². The fourth-order valence-corrected chi connectivity index (χ4v) is 0.866. The summed E-state index contributed by atoms with van der Waals surface area (Å²) in [6.45, 7) is 22.9. The molecule has 0 aromatic rings. The van der Waals surface area contributed by atoms with E-state index in [1.165, 1.54) is 32.1 Å². The van der Waals surface area contributed by atoms with Crippen molar-refractivity contribution in [3.8, 4) is 0 Å². The number of allylic oxidation sites excluding steroid dienone is 1. The molecular formula is C17H35Al. The van der Waals surface area contributed by atoms with Gasteiger partial charge in [-0.3, -0.25) is 6.08 Å². The zero-order valence-electron chi connectivity index (χ0n) is 13.5. The average molecular weight is 266 g/mol. The largest absolute Gasteiger partial charge is 3.00 e. The summed E-state index contributed by atoms with van der Waals surface area (Å²) in [4.78, 5) is 0. The molecular weight excluding hydrogens is 231 g/mol. The van der Waals surface area contributed by atoms with Crippen molar-refractivity contribution in [1.82, 2.24) is 0 Å². The molecule has 0 saturated carbocycles. The molecule has 0 aliphatic rings. The summed E-state index contributed by atoms with van der Waals surface area (Å²) in [6, 6.07) is 0. The van der Waals surface area contributed by atoms with E-state index in [9.17, 15) is 0 Å². The molecule has 0 aliphatic carbocycles. The predicted octanol–water partition coefficient (Wildman–Crippen LogP) is 5.91. The van der Waals surface area contributed by atoms with Crippen molar-refractivity contribution in [3.63, 3.8) is 0 Å². The molecule has 0 bridgehead atoms. The third-order valence-corrected chi connectivity index (χ3v) is 1.47. The van der Waals surface area contributed by atoms with Gasteiger partial charge in [-0.15, -0.1) is 0 Å². The summed E-state index contributed by atoms with van der Waals surface area (Å²) in [7, 11) is 0. The minimum absolute atomic E-state index is 0. The first-order valence-corrected chi connectivity index (χ1v) is 7.07. The van der Waals surface area contributed by atoms with Crippen LogP contribution in [0, 0.1) is 32.3 Å². The predicted molar refractivity (Wildman–Crippen MR) is 88.4 cm³/mol. The van der Waals surface area contributed by atoms with Crippen LogP contribution in [-0.4, -0.2) is 17.4 Å². The van der Waals surface area contributed by atoms with Gasteiger partial charge < -0.3 is 20.4 Å². The third-order valence-electron chi connectivity index (χ3n) is 1.47. The van der Waals surface area contributed by atoms with Crippen molar-refractivity contribution < 1.29 is 0 Å². The van der Waals surface area contributed by atoms with Gasteiger partial charge in [-0.2, -0.15) is 11.8 Å². The summed E-state index contributed by atoms with van der Waals surface area (Å²) in [5, 5.41) is 0. The Kier molecular flexibility index (Phi) is 38.6. The van der Waals surface area contributed by atoms with Crippen LogP contribution in [-0.2, 0) is 0 Å². The normalized spacial score (nSPS) is 8.72. The molecule has 0 amide bonds. The van der Waals surface area contributed by atoms with E-state index in [1.807, 2.05) is 0 Å². The second kappa shape index (κ2) is 26.0. The summed E-state index contributed by atoms with van der Waals surface area (Å²) in [6.07, 6.45) is 9.55. The quantitative estimate of drug-likeness (QED) is 0.318. The van der Waals surface area contributed by atoms with Gasteiger partial charge in [-0.25, -0.2) is 0 Å². The van der Waals surface area contributed by atoms with Gasteiger partial charge in [0.1, 0.15) is 0 Å². The molecule has 0 saturated heterocycles. The Morgan fingerprint density at radius 1 is 0.889 bits per heavy atom. The molecule has 0 aliphatic heterocycles. The van der Waals surface area contributed by atoms with E-state index in [2.05, 4.69) is 48.5 Å². The molecule has 1 heteroatoms. The Hall–Kier alpha value is 0.272. The van der Waals surface area contributed by atoms with Crippen LogP contribution in [0.2, 0.25) is 0 Å². The van der Waals surface area contributed by atoms with Gasteiger partial charge in [0.25, 0.3) is 0 Å². The van der Waals surface area contributed by atoms with Crippen LogP contribution < -0.4 is 0 Å². The minimum Gasteiger partial charge on any atom is -0.518 e. The Morgan fingerprint density at radius 3 is 1.50 bits per heavy atom. The molecule has 0 unspecified atom stereocenters. The number of rotatable bonds is 6. The van der Waals surface area contributed by atoms with Crippen LogP contribution in [0.5, 0.6) is 0 Å². The van der Waals surface area contributed by atoms with E-state index in [0.717, 1.165) is 6.42 Å². The van der Waals surface area contributed by atoms with Crippen LogP contribution in [0.15, 0.2) is 6.08 Å². The molecule has 0 N–H and O–H groups in total. The first-order valence-electron chi connectivity index (χ1n) is 7.07. The van der Waals surface area contributed by atoms with E-state index in [-0.39, 0.29) is 17.4 Å². The summed E-state index contributed by atoms with van der Waals surface area (Å²) in [5.74, 6) is 1.17. The minimum atomic E-state index is 0. The fraction of sp³-hybridized carbons (Fsp3) is 0.765. The maximum atomic E-state index is 5.22. The molecule has 106 valence electrons. The van der Waals surface area contributed by atoms with E-state index >= 15 is 0 Å². The first kappa shape index (κ1) is 26.8. The monoisotopic (exact) mass is 266 g/mol. The third kappa shape index (κ3) is 96.5. The number of hydrogen-bond donors (Lipinski definition) is 0. The van der Waals surface area contributed by atoms with Gasteiger partial charge in [0.15, 0.2) is 0 Å². The SMILES string of the molecule is [Al+3].[CH-]=CCCCCCCC.[CH2-]C(C)C.[CH2-]C(C)C. The van der Waals surface area contributed by atoms with Gasteiger partial charge >= 0.3 is 17.4 Å². The Labute approximate surface area is 129 Å². The summed E-state index contributed by atoms with van der Waals surface area (Å²) in [5.41, 5.74) is 0. The molecule has 0 fully saturated rings. The number of hydrogen-bond acceptors (Lipinski definition) is 0. The number of unbranched alkanes of at least 4 members (excludes halogenated alkanes) is 5. The fourth-order valence-electron chi connectivity index (χ4n) is 0.866. The van der Waals surface area contributed by atoms with E-state index in [1.54, 1.807) is 6.08 Å². The van der Waals surface area contributed by atoms with Gasteiger partial charge in [0.05, 0.1) is 0 Å². The smallest absolute Gasteiger partial charge is 0.518 e. The average Bonchev–Trinajstić information content (AvgIpc) is 2.16. The standard InChI is InChI=1S/C9H17.2C4H9.Al/c1-3-5-7-9-8-6-4-2;2*1-4(2)3;/h1,3H,4-9H2,2H3;2*4H,1H2,2-3H3;/q3*-1;+3. The Bertz CT molecular complexity index is 105. The Morgan fingerprint density at radius 2 is 1.22 bits per heavy atom. The molecule has 18 heavy (non-hydrogen) atoms. The maximum absolute atomic E-state index is 5.22. The molecule has 0 spiro atoms. The second-order valence-corrected chi connectivity index (χ2v) is 5.23. The van der Waals surface area contributed by atoms with Crippen LogP contribution in [0.3, 0.4) is 0 Å². The molecule has 0 aromatic carbocycles. The van der Waals surface area contributed by atoms with Gasteiger partial charge in [-0.05, 0) is 0 Å². The van der Waals surface area contributed by atoms with Crippen molar-refractivity contribution >= 4 is 17.4 Å². The summed E-state index contributed by atoms with van der Waals surface area (Å²) >= 11 is 0. The zero-order chi connectivity index (χ0) is 14.1. The molecule has 0 nitrogen and oxygen atoms in total. The molecule has 0 heterocycles. The van der Waals surface area contributed by atoms with Crippen molar-refractivity contribution in [3.05, 3.63) is 26.5 Å². The second-order valence-electron chi connectivity index (χ2n) is 5.23. The van der Waals surface area contributed by atoms with Gasteiger partial charge in [-0.1, -0.05) is 73.1 Å². The van der Waals surface area contributed by atoms with Crippen LogP contribution in [0.1, 0.15) is 73.1 Å². The molecule has 0 atom stereocenters. The Balaban J connectivity index is -0.0000000922. The van der Waals surface area contributed by atoms with Crippen LogP contribution in [0.25, 0.3) is 0 Å². The zero-order valence-corrected chi connectivity index (χ0v) is 14.7. The van der Waals surface area contributed by atoms with Crippen molar-refractivity contribution in [1.29, 1.82) is 0 Å². The first-order chi connectivity index (χ1) is 7.88. The van der Waals surface area contributed by atoms with Crippen molar-refractivity contribution in [2.24, 2.45) is 11.8 Å². The maximum Gasteiger partial charge on any atom is 3.00 e. The van der Waals surface area contributed by atoms with Crippen LogP contribution >= 0.6 is 0 Å². The van der Waals surface area contributed by atoms with Crippen LogP contribution in [0.4, 0.5) is 0 Å². The van der Waals surface area contributed by atoms with Crippen molar-refractivity contribution in [2.75, 3.05) is 0 Å². The van der Waals surface area contributed by atoms with E-state index in [4.69, 9.17) is 6.58 Å². The molecule has 0 aromatic heterocycles. The summed E-state index contributed by atoms with van der Waals surface area (Å²) < 4.78 is 0. The van der Waals surface area contributed by atoms with Gasteiger partial charge in [0.2, 0.25) is 0 Å². The molecule has 0 radical (unpaired) electrons. The molecule has 0 rings (SSSR count). The topological polar surface area (TPSA) is 0 Å². The van der Waals surface area contributed by atoms with E-state index in [0.29, 0.717) is 11.8 Å². The van der Waals surface area contributed by atoms with Gasteiger partial charge in [0, 0.05) is 0 Å². The van der Waals surface area contributed by atoms with E-state index < -0.39 is 0 Å².